The maximum Gasteiger partial charge on any atom is 0.123 e. The molecule has 1 saturated carbocycles. The van der Waals surface area contributed by atoms with Gasteiger partial charge in [-0.15, -0.1) is 0 Å². The fourth-order valence-electron chi connectivity index (χ4n) is 3.28. The van der Waals surface area contributed by atoms with Crippen molar-refractivity contribution in [2.24, 2.45) is 11.8 Å². The summed E-state index contributed by atoms with van der Waals surface area (Å²) < 4.78 is 13.1. The lowest BCUT2D eigenvalue weighted by atomic mass is 9.78. The summed E-state index contributed by atoms with van der Waals surface area (Å²) in [4.78, 5) is 0. The highest BCUT2D eigenvalue weighted by Gasteiger charge is 2.20. The Balaban J connectivity index is 1.72. The molecule has 0 N–H and O–H groups in total. The molecule has 0 saturated heterocycles. The largest absolute Gasteiger partial charge is 0.207 e. The van der Waals surface area contributed by atoms with Crippen LogP contribution in [-0.2, 0) is 6.42 Å². The lowest BCUT2D eigenvalue weighted by Crippen LogP contribution is -2.15. The van der Waals surface area contributed by atoms with Gasteiger partial charge in [0.2, 0.25) is 0 Å². The lowest BCUT2D eigenvalue weighted by molar-refractivity contribution is 0.252. The monoisotopic (exact) mass is 248 g/mol. The molecule has 0 radical (unpaired) electrons. The van der Waals surface area contributed by atoms with Gasteiger partial charge >= 0.3 is 0 Å². The molecule has 100 valence electrons. The number of rotatable bonds is 5. The third kappa shape index (κ3) is 4.12. The molecule has 1 heteroatoms. The maximum absolute atomic E-state index is 13.1. The van der Waals surface area contributed by atoms with Gasteiger partial charge in [0.1, 0.15) is 5.82 Å². The second-order valence-electron chi connectivity index (χ2n) is 5.84. The van der Waals surface area contributed by atoms with E-state index in [0.29, 0.717) is 0 Å². The molecule has 2 rings (SSSR count). The molecule has 0 unspecified atom stereocenters. The van der Waals surface area contributed by atoms with Gasteiger partial charge in [-0.2, -0.15) is 0 Å². The van der Waals surface area contributed by atoms with Crippen LogP contribution in [0.25, 0.3) is 0 Å². The van der Waals surface area contributed by atoms with Crippen molar-refractivity contribution in [3.05, 3.63) is 35.6 Å². The first-order valence-electron chi connectivity index (χ1n) is 7.52. The van der Waals surface area contributed by atoms with Gasteiger partial charge in [-0.3, -0.25) is 0 Å². The Morgan fingerprint density at radius 3 is 2.33 bits per heavy atom. The molecule has 0 aliphatic heterocycles. The van der Waals surface area contributed by atoms with E-state index in [0.717, 1.165) is 23.8 Å². The van der Waals surface area contributed by atoms with Crippen LogP contribution < -0.4 is 0 Å². The zero-order valence-electron chi connectivity index (χ0n) is 11.5. The number of aryl methyl sites for hydroxylation is 1. The third-order valence-corrected chi connectivity index (χ3v) is 4.39. The van der Waals surface area contributed by atoms with Crippen molar-refractivity contribution in [3.8, 4) is 0 Å². The highest BCUT2D eigenvalue weighted by atomic mass is 19.1. The molecule has 1 aromatic carbocycles. The van der Waals surface area contributed by atoms with Gasteiger partial charge in [0.05, 0.1) is 0 Å². The van der Waals surface area contributed by atoms with Gasteiger partial charge in [-0.1, -0.05) is 57.6 Å². The Labute approximate surface area is 111 Å². The van der Waals surface area contributed by atoms with Crippen LogP contribution in [0.4, 0.5) is 4.39 Å². The van der Waals surface area contributed by atoms with Crippen molar-refractivity contribution in [2.45, 2.75) is 58.3 Å². The van der Waals surface area contributed by atoms with Crippen LogP contribution in [0.15, 0.2) is 24.3 Å². The molecule has 1 aromatic rings. The minimum absolute atomic E-state index is 0.0980. The molecule has 0 bridgehead atoms. The molecule has 1 aliphatic carbocycles. The summed E-state index contributed by atoms with van der Waals surface area (Å²) in [5.74, 6) is 1.76. The molecule has 0 spiro atoms. The van der Waals surface area contributed by atoms with Gasteiger partial charge in [0.15, 0.2) is 0 Å². The Bertz CT molecular complexity index is 350. The molecule has 18 heavy (non-hydrogen) atoms. The Morgan fingerprint density at radius 2 is 1.72 bits per heavy atom. The predicted molar refractivity (Wildman–Crippen MR) is 75.1 cm³/mol. The molecule has 0 atom stereocenters. The second-order valence-corrected chi connectivity index (χ2v) is 5.84. The van der Waals surface area contributed by atoms with Crippen LogP contribution in [0.5, 0.6) is 0 Å². The third-order valence-electron chi connectivity index (χ3n) is 4.39. The van der Waals surface area contributed by atoms with Crippen molar-refractivity contribution in [1.82, 2.24) is 0 Å². The van der Waals surface area contributed by atoms with E-state index in [4.69, 9.17) is 0 Å². The molecule has 1 fully saturated rings. The molecular weight excluding hydrogens is 223 g/mol. The van der Waals surface area contributed by atoms with E-state index < -0.39 is 0 Å². The zero-order chi connectivity index (χ0) is 12.8. The summed E-state index contributed by atoms with van der Waals surface area (Å²) in [7, 11) is 0. The predicted octanol–water partition coefficient (Wildman–Crippen LogP) is 5.36. The van der Waals surface area contributed by atoms with Crippen molar-refractivity contribution >= 4 is 0 Å². The molecule has 0 amide bonds. The van der Waals surface area contributed by atoms with Crippen molar-refractivity contribution in [2.75, 3.05) is 0 Å². The molecular formula is C17H25F. The normalized spacial score (nSPS) is 24.1. The molecule has 0 heterocycles. The van der Waals surface area contributed by atoms with Crippen LogP contribution in [-0.4, -0.2) is 0 Å². The summed E-state index contributed by atoms with van der Waals surface area (Å²) >= 11 is 0. The Morgan fingerprint density at radius 1 is 1.06 bits per heavy atom. The van der Waals surface area contributed by atoms with Gasteiger partial charge in [-0.05, 0) is 42.4 Å². The second kappa shape index (κ2) is 6.92. The minimum atomic E-state index is -0.0980. The first-order chi connectivity index (χ1) is 8.78. The number of benzene rings is 1. The average molecular weight is 248 g/mol. The van der Waals surface area contributed by atoms with Crippen molar-refractivity contribution < 1.29 is 4.39 Å². The van der Waals surface area contributed by atoms with Gasteiger partial charge < -0.3 is 0 Å². The van der Waals surface area contributed by atoms with Crippen LogP contribution in [0, 0.1) is 17.7 Å². The number of hydrogen-bond donors (Lipinski definition) is 0. The quantitative estimate of drug-likeness (QED) is 0.657. The van der Waals surface area contributed by atoms with E-state index in [9.17, 15) is 4.39 Å². The fourth-order valence-corrected chi connectivity index (χ4v) is 3.28. The standard InChI is InChI=1S/C17H25F/c1-2-4-14-7-9-15(10-8-14)11-12-16-5-3-6-17(18)13-16/h3,5-6,13-15H,2,4,7-12H2,1H3. The smallest absolute Gasteiger partial charge is 0.123 e. The molecule has 0 aromatic heterocycles. The summed E-state index contributed by atoms with van der Waals surface area (Å²) in [6, 6.07) is 7.08. The van der Waals surface area contributed by atoms with Gasteiger partial charge in [-0.25, -0.2) is 4.39 Å². The van der Waals surface area contributed by atoms with E-state index in [-0.39, 0.29) is 5.82 Å². The van der Waals surface area contributed by atoms with E-state index in [2.05, 4.69) is 6.92 Å². The molecule has 0 nitrogen and oxygen atoms in total. The minimum Gasteiger partial charge on any atom is -0.207 e. The SMILES string of the molecule is CCCC1CCC(CCc2cccc(F)c2)CC1. The van der Waals surface area contributed by atoms with Crippen LogP contribution in [0.1, 0.15) is 57.4 Å². The summed E-state index contributed by atoms with van der Waals surface area (Å²) in [5, 5.41) is 0. The highest BCUT2D eigenvalue weighted by molar-refractivity contribution is 5.16. The van der Waals surface area contributed by atoms with Crippen LogP contribution in [0.2, 0.25) is 0 Å². The zero-order valence-corrected chi connectivity index (χ0v) is 11.5. The van der Waals surface area contributed by atoms with E-state index >= 15 is 0 Å². The van der Waals surface area contributed by atoms with Crippen LogP contribution >= 0.6 is 0 Å². The topological polar surface area (TPSA) is 0 Å². The van der Waals surface area contributed by atoms with Crippen molar-refractivity contribution in [3.63, 3.8) is 0 Å². The van der Waals surface area contributed by atoms with Crippen LogP contribution in [0.3, 0.4) is 0 Å². The fraction of sp³-hybridized carbons (Fsp3) is 0.647. The molecule has 1 aliphatic rings. The van der Waals surface area contributed by atoms with E-state index in [1.165, 1.54) is 51.0 Å². The first kappa shape index (κ1) is 13.6. The van der Waals surface area contributed by atoms with Gasteiger partial charge in [0, 0.05) is 0 Å². The average Bonchev–Trinajstić information content (AvgIpc) is 2.38. The summed E-state index contributed by atoms with van der Waals surface area (Å²) in [6.07, 6.45) is 10.6. The van der Waals surface area contributed by atoms with Gasteiger partial charge in [0.25, 0.3) is 0 Å². The summed E-state index contributed by atoms with van der Waals surface area (Å²) in [5.41, 5.74) is 1.16. The Hall–Kier alpha value is -0.850. The summed E-state index contributed by atoms with van der Waals surface area (Å²) in [6.45, 7) is 2.29. The Kier molecular flexibility index (Phi) is 5.22. The number of halogens is 1. The number of hydrogen-bond acceptors (Lipinski definition) is 0. The first-order valence-corrected chi connectivity index (χ1v) is 7.52. The lowest BCUT2D eigenvalue weighted by Gasteiger charge is -2.28. The van der Waals surface area contributed by atoms with Crippen molar-refractivity contribution in [1.29, 1.82) is 0 Å². The highest BCUT2D eigenvalue weighted by Crippen LogP contribution is 2.33. The van der Waals surface area contributed by atoms with E-state index in [1.54, 1.807) is 6.07 Å². The van der Waals surface area contributed by atoms with E-state index in [1.807, 2.05) is 12.1 Å². The maximum atomic E-state index is 13.1.